The molecule has 0 rings (SSSR count). The fourth-order valence-corrected chi connectivity index (χ4v) is 2.45. The van der Waals surface area contributed by atoms with Gasteiger partial charge in [0.2, 0.25) is 0 Å². The molecule has 17 heavy (non-hydrogen) atoms. The van der Waals surface area contributed by atoms with Gasteiger partial charge in [-0.1, -0.05) is 17.6 Å². The van der Waals surface area contributed by atoms with Crippen molar-refractivity contribution >= 4 is 10.3 Å². The van der Waals surface area contributed by atoms with Gasteiger partial charge in [-0.2, -0.15) is 4.84 Å². The molecule has 1 atom stereocenters. The predicted octanol–water partition coefficient (Wildman–Crippen LogP) is 2.32. The average Bonchev–Trinajstić information content (AvgIpc) is 2.14. The topological polar surface area (TPSA) is 63.6 Å². The Morgan fingerprint density at radius 1 is 1.41 bits per heavy atom. The van der Waals surface area contributed by atoms with Crippen molar-refractivity contribution in [1.29, 1.82) is 0 Å². The van der Waals surface area contributed by atoms with E-state index in [4.69, 9.17) is 4.84 Å². The van der Waals surface area contributed by atoms with E-state index in [1.807, 2.05) is 6.92 Å². The monoisotopic (exact) mass is 266 g/mol. The van der Waals surface area contributed by atoms with E-state index < -0.39 is 20.0 Å². The molecule has 0 spiro atoms. The van der Waals surface area contributed by atoms with E-state index in [0.29, 0.717) is 12.0 Å². The minimum atomic E-state index is -4.33. The lowest BCUT2D eigenvalue weighted by molar-refractivity contribution is -1.02. The summed E-state index contributed by atoms with van der Waals surface area (Å²) in [6.45, 7) is 12.9. The third-order valence-corrected chi connectivity index (χ3v) is 4.25. The van der Waals surface area contributed by atoms with Gasteiger partial charge in [-0.15, -0.1) is 8.42 Å². The van der Waals surface area contributed by atoms with Gasteiger partial charge in [0.15, 0.2) is 0 Å². The van der Waals surface area contributed by atoms with Crippen LogP contribution in [0.2, 0.25) is 0 Å². The molecule has 1 unspecified atom stereocenters. The zero-order chi connectivity index (χ0) is 13.9. The van der Waals surface area contributed by atoms with Crippen LogP contribution in [0.4, 0.5) is 0 Å². The van der Waals surface area contributed by atoms with Gasteiger partial charge in [0.25, 0.3) is 0 Å². The van der Waals surface area contributed by atoms with Crippen LogP contribution in [-0.2, 0) is 15.1 Å². The first kappa shape index (κ1) is 16.6. The lowest BCUT2D eigenvalue weighted by Crippen LogP contribution is -2.56. The van der Waals surface area contributed by atoms with Gasteiger partial charge in [-0.05, 0) is 39.7 Å². The molecule has 0 aliphatic heterocycles. The Hall–Kier alpha value is -0.430. The standard InChI is InChI=1S/C11H23NO4S/c1-7-9-12(8-2,17(13,14)15)16-11(5,6)10(3)4/h3,7-9H2,1-2,4-6H3/p+1. The van der Waals surface area contributed by atoms with Gasteiger partial charge in [-0.3, -0.25) is 0 Å². The second kappa shape index (κ2) is 5.48. The quantitative estimate of drug-likeness (QED) is 0.332. The lowest BCUT2D eigenvalue weighted by atomic mass is 10.0. The highest BCUT2D eigenvalue weighted by Gasteiger charge is 2.46. The van der Waals surface area contributed by atoms with E-state index in [0.717, 1.165) is 0 Å². The molecule has 0 amide bonds. The van der Waals surface area contributed by atoms with Crippen LogP contribution in [-0.4, -0.2) is 35.7 Å². The van der Waals surface area contributed by atoms with Crippen molar-refractivity contribution in [3.8, 4) is 0 Å². The molecule has 0 aliphatic rings. The summed E-state index contributed by atoms with van der Waals surface area (Å²) in [7, 11) is -4.33. The molecule has 0 saturated heterocycles. The molecule has 0 saturated carbocycles. The van der Waals surface area contributed by atoms with Crippen LogP contribution in [0.3, 0.4) is 0 Å². The molecule has 0 radical (unpaired) electrons. The second-order valence-electron chi connectivity index (χ2n) is 4.68. The molecule has 0 aromatic rings. The zero-order valence-electron chi connectivity index (χ0n) is 11.4. The maximum atomic E-state index is 11.5. The molecule has 0 aliphatic carbocycles. The van der Waals surface area contributed by atoms with E-state index in [1.165, 1.54) is 0 Å². The van der Waals surface area contributed by atoms with Crippen molar-refractivity contribution in [3.05, 3.63) is 12.2 Å². The fourth-order valence-electron chi connectivity index (χ4n) is 1.43. The molecule has 5 nitrogen and oxygen atoms in total. The summed E-state index contributed by atoms with van der Waals surface area (Å²) >= 11 is 0. The lowest BCUT2D eigenvalue weighted by Gasteiger charge is -2.37. The number of rotatable bonds is 7. The van der Waals surface area contributed by atoms with Crippen LogP contribution in [0.15, 0.2) is 12.2 Å². The van der Waals surface area contributed by atoms with Gasteiger partial charge < -0.3 is 0 Å². The van der Waals surface area contributed by atoms with Crippen molar-refractivity contribution in [2.75, 3.05) is 13.1 Å². The summed E-state index contributed by atoms with van der Waals surface area (Å²) in [4.78, 5) is 5.64. The molecule has 1 N–H and O–H groups in total. The fraction of sp³-hybridized carbons (Fsp3) is 0.818. The third kappa shape index (κ3) is 3.77. The molecule has 6 heteroatoms. The Labute approximate surface area is 105 Å². The second-order valence-corrected chi connectivity index (χ2v) is 6.25. The van der Waals surface area contributed by atoms with Crippen molar-refractivity contribution in [3.63, 3.8) is 0 Å². The molecule has 0 heterocycles. The average molecular weight is 266 g/mol. The number of quaternary nitrogens is 1. The van der Waals surface area contributed by atoms with Gasteiger partial charge >= 0.3 is 10.3 Å². The highest BCUT2D eigenvalue weighted by molar-refractivity contribution is 7.79. The Morgan fingerprint density at radius 2 is 1.88 bits per heavy atom. The Balaban J connectivity index is 5.43. The van der Waals surface area contributed by atoms with Gasteiger partial charge in [0, 0.05) is 0 Å². The van der Waals surface area contributed by atoms with E-state index in [-0.39, 0.29) is 13.1 Å². The van der Waals surface area contributed by atoms with E-state index in [1.54, 1.807) is 27.7 Å². The molecule has 102 valence electrons. The van der Waals surface area contributed by atoms with Crippen molar-refractivity contribution in [2.24, 2.45) is 0 Å². The van der Waals surface area contributed by atoms with Crippen LogP contribution < -0.4 is 0 Å². The first-order valence-corrected chi connectivity index (χ1v) is 7.13. The minimum Gasteiger partial charge on any atom is -0.239 e. The first-order valence-electron chi connectivity index (χ1n) is 5.74. The molecular weight excluding hydrogens is 242 g/mol. The summed E-state index contributed by atoms with van der Waals surface area (Å²) in [6.07, 6.45) is 0.583. The molecule has 0 bridgehead atoms. The van der Waals surface area contributed by atoms with Crippen LogP contribution >= 0.6 is 0 Å². The summed E-state index contributed by atoms with van der Waals surface area (Å²) in [5.41, 5.74) is -0.116. The van der Waals surface area contributed by atoms with Crippen molar-refractivity contribution in [2.45, 2.75) is 46.6 Å². The van der Waals surface area contributed by atoms with Crippen LogP contribution in [0.25, 0.3) is 0 Å². The highest BCUT2D eigenvalue weighted by atomic mass is 32.2. The van der Waals surface area contributed by atoms with E-state index >= 15 is 0 Å². The zero-order valence-corrected chi connectivity index (χ0v) is 12.2. The Bertz CT molecular complexity index is 375. The maximum absolute atomic E-state index is 11.5. The SMILES string of the molecule is C=C(C)C(C)(C)O[N+](CC)(CCC)S(=O)(=O)O. The minimum absolute atomic E-state index is 0.142. The van der Waals surface area contributed by atoms with E-state index in [2.05, 4.69) is 6.58 Å². The van der Waals surface area contributed by atoms with Gasteiger partial charge in [-0.25, -0.2) is 4.55 Å². The van der Waals surface area contributed by atoms with Crippen molar-refractivity contribution < 1.29 is 21.9 Å². The van der Waals surface area contributed by atoms with Gasteiger partial charge in [0.1, 0.15) is 18.7 Å². The molecule has 0 aromatic carbocycles. The normalized spacial score (nSPS) is 16.6. The van der Waals surface area contributed by atoms with E-state index in [9.17, 15) is 13.0 Å². The first-order chi connectivity index (χ1) is 7.52. The third-order valence-electron chi connectivity index (χ3n) is 2.89. The van der Waals surface area contributed by atoms with Crippen LogP contribution in [0, 0.1) is 0 Å². The summed E-state index contributed by atoms with van der Waals surface area (Å²) in [5, 5.41) is 0. The number of hydrogen-bond donors (Lipinski definition) is 1. The van der Waals surface area contributed by atoms with Crippen molar-refractivity contribution in [1.82, 2.24) is 0 Å². The molecule has 0 fully saturated rings. The number of hydrogen-bond acceptors (Lipinski definition) is 3. The van der Waals surface area contributed by atoms with Gasteiger partial charge in [0.05, 0.1) is 0 Å². The Morgan fingerprint density at radius 3 is 2.12 bits per heavy atom. The maximum Gasteiger partial charge on any atom is 0.464 e. The van der Waals surface area contributed by atoms with Crippen LogP contribution in [0.1, 0.15) is 41.0 Å². The smallest absolute Gasteiger partial charge is 0.239 e. The summed E-state index contributed by atoms with van der Waals surface area (Å²) in [6, 6.07) is 0. The number of hydroxylamine groups is 2. The Kier molecular flexibility index (Phi) is 5.34. The predicted molar refractivity (Wildman–Crippen MR) is 67.5 cm³/mol. The highest BCUT2D eigenvalue weighted by Crippen LogP contribution is 2.28. The number of nitrogens with zero attached hydrogens (tertiary/aromatic N) is 1. The summed E-state index contributed by atoms with van der Waals surface area (Å²) < 4.78 is 31.7. The van der Waals surface area contributed by atoms with Crippen LogP contribution in [0.5, 0.6) is 0 Å². The summed E-state index contributed by atoms with van der Waals surface area (Å²) in [5.74, 6) is 0. The molecular formula is C11H24NO4S+. The largest absolute Gasteiger partial charge is 0.464 e. The molecule has 0 aromatic heterocycles.